The number of halogens is 1. The van der Waals surface area contributed by atoms with E-state index in [0.717, 1.165) is 28.8 Å². The molecular weight excluding hydrogens is 258 g/mol. The van der Waals surface area contributed by atoms with Gasteiger partial charge >= 0.3 is 0 Å². The summed E-state index contributed by atoms with van der Waals surface area (Å²) in [7, 11) is 0. The van der Waals surface area contributed by atoms with Crippen LogP contribution in [0.4, 0.5) is 11.5 Å². The van der Waals surface area contributed by atoms with Crippen molar-refractivity contribution in [2.75, 3.05) is 10.6 Å². The summed E-state index contributed by atoms with van der Waals surface area (Å²) >= 11 is 3.31. The predicted octanol–water partition coefficient (Wildman–Crippen LogP) is 2.38. The SMILES string of the molecule is CCCC1Nc2ncc(Br)cc2NC1=O. The van der Waals surface area contributed by atoms with Crippen molar-refractivity contribution in [3.05, 3.63) is 16.7 Å². The molecule has 1 aromatic heterocycles. The largest absolute Gasteiger partial charge is 0.357 e. The molecule has 1 aliphatic heterocycles. The van der Waals surface area contributed by atoms with Crippen LogP contribution in [0.25, 0.3) is 0 Å². The first-order valence-electron chi connectivity index (χ1n) is 4.93. The van der Waals surface area contributed by atoms with E-state index in [0.29, 0.717) is 0 Å². The number of carbonyl (C=O) groups excluding carboxylic acids is 1. The third-order valence-electron chi connectivity index (χ3n) is 2.32. The minimum atomic E-state index is -0.156. The summed E-state index contributed by atoms with van der Waals surface area (Å²) in [6.07, 6.45) is 3.51. The highest BCUT2D eigenvalue weighted by Gasteiger charge is 2.25. The van der Waals surface area contributed by atoms with E-state index in [9.17, 15) is 4.79 Å². The Labute approximate surface area is 96.6 Å². The van der Waals surface area contributed by atoms with E-state index in [1.807, 2.05) is 6.07 Å². The van der Waals surface area contributed by atoms with E-state index < -0.39 is 0 Å². The monoisotopic (exact) mass is 269 g/mol. The van der Waals surface area contributed by atoms with Crippen molar-refractivity contribution >= 4 is 33.3 Å². The molecule has 0 saturated carbocycles. The maximum Gasteiger partial charge on any atom is 0.247 e. The second-order valence-electron chi connectivity index (χ2n) is 3.52. The molecule has 0 aliphatic carbocycles. The highest BCUT2D eigenvalue weighted by Crippen LogP contribution is 2.27. The van der Waals surface area contributed by atoms with Crippen LogP contribution in [0.1, 0.15) is 19.8 Å². The number of nitrogens with one attached hydrogen (secondary N) is 2. The Bertz CT molecular complexity index is 394. The van der Waals surface area contributed by atoms with Crippen LogP contribution >= 0.6 is 15.9 Å². The van der Waals surface area contributed by atoms with Gasteiger partial charge in [-0.1, -0.05) is 13.3 Å². The molecule has 2 N–H and O–H groups in total. The Morgan fingerprint density at radius 1 is 1.60 bits per heavy atom. The number of fused-ring (bicyclic) bond motifs is 1. The summed E-state index contributed by atoms with van der Waals surface area (Å²) in [5.41, 5.74) is 0.738. The van der Waals surface area contributed by atoms with Crippen LogP contribution in [0.2, 0.25) is 0 Å². The van der Waals surface area contributed by atoms with E-state index in [1.54, 1.807) is 6.20 Å². The minimum absolute atomic E-state index is 0.0178. The quantitative estimate of drug-likeness (QED) is 0.867. The summed E-state index contributed by atoms with van der Waals surface area (Å²) in [5.74, 6) is 0.764. The average Bonchev–Trinajstić information content (AvgIpc) is 2.20. The number of pyridine rings is 1. The lowest BCUT2D eigenvalue weighted by Gasteiger charge is -2.25. The van der Waals surface area contributed by atoms with Gasteiger partial charge in [0, 0.05) is 10.7 Å². The molecule has 2 heterocycles. The number of hydrogen-bond donors (Lipinski definition) is 2. The second kappa shape index (κ2) is 4.18. The van der Waals surface area contributed by atoms with Gasteiger partial charge in [-0.2, -0.15) is 0 Å². The third kappa shape index (κ3) is 2.12. The van der Waals surface area contributed by atoms with E-state index in [-0.39, 0.29) is 11.9 Å². The first kappa shape index (κ1) is 10.4. The number of amides is 1. The summed E-state index contributed by atoms with van der Waals surface area (Å²) in [6.45, 7) is 2.06. The first-order valence-corrected chi connectivity index (χ1v) is 5.73. The van der Waals surface area contributed by atoms with Gasteiger partial charge in [0.1, 0.15) is 6.04 Å². The molecule has 0 aromatic carbocycles. The van der Waals surface area contributed by atoms with Crippen molar-refractivity contribution in [1.29, 1.82) is 0 Å². The van der Waals surface area contributed by atoms with E-state index in [2.05, 4.69) is 38.5 Å². The van der Waals surface area contributed by atoms with E-state index in [4.69, 9.17) is 0 Å². The maximum absolute atomic E-state index is 11.6. The molecular formula is C10H12BrN3O. The van der Waals surface area contributed by atoms with Crippen molar-refractivity contribution < 1.29 is 4.79 Å². The molecule has 1 aromatic rings. The summed E-state index contributed by atoms with van der Waals surface area (Å²) in [4.78, 5) is 15.9. The zero-order valence-corrected chi connectivity index (χ0v) is 9.97. The van der Waals surface area contributed by atoms with Crippen molar-refractivity contribution in [3.8, 4) is 0 Å². The number of hydrogen-bond acceptors (Lipinski definition) is 3. The third-order valence-corrected chi connectivity index (χ3v) is 2.75. The fourth-order valence-electron chi connectivity index (χ4n) is 1.59. The number of aromatic nitrogens is 1. The molecule has 80 valence electrons. The van der Waals surface area contributed by atoms with Gasteiger partial charge in [-0.3, -0.25) is 4.79 Å². The Morgan fingerprint density at radius 2 is 2.40 bits per heavy atom. The molecule has 1 unspecified atom stereocenters. The van der Waals surface area contributed by atoms with Crippen molar-refractivity contribution in [2.45, 2.75) is 25.8 Å². The predicted molar refractivity (Wildman–Crippen MR) is 62.9 cm³/mol. The van der Waals surface area contributed by atoms with Crippen molar-refractivity contribution in [3.63, 3.8) is 0 Å². The summed E-state index contributed by atoms with van der Waals surface area (Å²) < 4.78 is 0.859. The van der Waals surface area contributed by atoms with Gasteiger partial charge in [0.2, 0.25) is 5.91 Å². The van der Waals surface area contributed by atoms with Crippen molar-refractivity contribution in [1.82, 2.24) is 4.98 Å². The fraction of sp³-hybridized carbons (Fsp3) is 0.400. The lowest BCUT2D eigenvalue weighted by atomic mass is 10.1. The fourth-order valence-corrected chi connectivity index (χ4v) is 1.92. The number of nitrogens with zero attached hydrogens (tertiary/aromatic N) is 1. The number of anilines is 2. The van der Waals surface area contributed by atoms with Crippen LogP contribution in [-0.4, -0.2) is 16.9 Å². The summed E-state index contributed by atoms with van der Waals surface area (Å²) in [6, 6.07) is 1.69. The van der Waals surface area contributed by atoms with Crippen LogP contribution in [0, 0.1) is 0 Å². The standard InChI is InChI=1S/C10H12BrN3O/c1-2-3-7-10(15)14-8-4-6(11)5-12-9(8)13-7/h4-5,7H,2-3H2,1H3,(H,12,13)(H,14,15). The number of rotatable bonds is 2. The first-order chi connectivity index (χ1) is 7.20. The van der Waals surface area contributed by atoms with Gasteiger partial charge in [0.15, 0.2) is 5.82 Å². The van der Waals surface area contributed by atoms with E-state index >= 15 is 0 Å². The van der Waals surface area contributed by atoms with Gasteiger partial charge in [-0.05, 0) is 28.4 Å². The zero-order valence-electron chi connectivity index (χ0n) is 8.38. The molecule has 2 rings (SSSR count). The molecule has 0 radical (unpaired) electrons. The molecule has 1 aliphatic rings. The van der Waals surface area contributed by atoms with Crippen LogP contribution < -0.4 is 10.6 Å². The molecule has 0 saturated heterocycles. The lowest BCUT2D eigenvalue weighted by Crippen LogP contribution is -2.39. The van der Waals surface area contributed by atoms with Crippen molar-refractivity contribution in [2.24, 2.45) is 0 Å². The molecule has 15 heavy (non-hydrogen) atoms. The minimum Gasteiger partial charge on any atom is -0.357 e. The lowest BCUT2D eigenvalue weighted by molar-refractivity contribution is -0.117. The topological polar surface area (TPSA) is 54.0 Å². The van der Waals surface area contributed by atoms with Crippen LogP contribution in [0.5, 0.6) is 0 Å². The second-order valence-corrected chi connectivity index (χ2v) is 4.44. The molecule has 1 atom stereocenters. The van der Waals surface area contributed by atoms with Gasteiger partial charge in [0.05, 0.1) is 5.69 Å². The molecule has 4 nitrogen and oxygen atoms in total. The highest BCUT2D eigenvalue weighted by molar-refractivity contribution is 9.10. The molecule has 0 fully saturated rings. The Hall–Kier alpha value is -1.10. The van der Waals surface area contributed by atoms with E-state index in [1.165, 1.54) is 0 Å². The van der Waals surface area contributed by atoms with Crippen LogP contribution in [0.15, 0.2) is 16.7 Å². The van der Waals surface area contributed by atoms with Gasteiger partial charge in [0.25, 0.3) is 0 Å². The Kier molecular flexibility index (Phi) is 2.90. The van der Waals surface area contributed by atoms with Crippen LogP contribution in [0.3, 0.4) is 0 Å². The normalized spacial score (nSPS) is 19.1. The van der Waals surface area contributed by atoms with Gasteiger partial charge in [-0.15, -0.1) is 0 Å². The molecule has 0 spiro atoms. The maximum atomic E-state index is 11.6. The van der Waals surface area contributed by atoms with Gasteiger partial charge in [-0.25, -0.2) is 4.98 Å². The molecule has 1 amide bonds. The van der Waals surface area contributed by atoms with Crippen LogP contribution in [-0.2, 0) is 4.79 Å². The summed E-state index contributed by atoms with van der Waals surface area (Å²) in [5, 5.41) is 5.97. The average molecular weight is 270 g/mol. The van der Waals surface area contributed by atoms with Gasteiger partial charge < -0.3 is 10.6 Å². The Morgan fingerprint density at radius 3 is 3.13 bits per heavy atom. The molecule has 0 bridgehead atoms. The Balaban J connectivity index is 2.26. The number of carbonyl (C=O) groups is 1. The highest BCUT2D eigenvalue weighted by atomic mass is 79.9. The zero-order chi connectivity index (χ0) is 10.8. The smallest absolute Gasteiger partial charge is 0.247 e. The molecule has 5 heteroatoms.